The number of nitrogens with one attached hydrogen (secondary N) is 1. The third-order valence-electron chi connectivity index (χ3n) is 5.54. The molecule has 2 aromatic carbocycles. The molecule has 3 aromatic rings. The number of halogens is 1. The predicted octanol–water partition coefficient (Wildman–Crippen LogP) is 2.33. The van der Waals surface area contributed by atoms with Crippen LogP contribution >= 0.6 is 0 Å². The molecule has 33 heavy (non-hydrogen) atoms. The van der Waals surface area contributed by atoms with Gasteiger partial charge in [-0.15, -0.1) is 0 Å². The van der Waals surface area contributed by atoms with E-state index in [9.17, 15) is 22.4 Å². The van der Waals surface area contributed by atoms with Crippen LogP contribution in [-0.2, 0) is 27.8 Å². The van der Waals surface area contributed by atoms with E-state index in [4.69, 9.17) is 0 Å². The molecule has 1 N–H and O–H groups in total. The third kappa shape index (κ3) is 4.71. The number of amides is 1. The van der Waals surface area contributed by atoms with Crippen molar-refractivity contribution in [2.24, 2.45) is 0 Å². The first-order valence-corrected chi connectivity index (χ1v) is 11.9. The molecule has 1 aromatic heterocycles. The Bertz CT molecular complexity index is 1370. The number of sulfonamides is 1. The first-order chi connectivity index (χ1) is 15.7. The molecular formula is C23H23FN4O4S. The van der Waals surface area contributed by atoms with Gasteiger partial charge in [0.05, 0.1) is 17.1 Å². The minimum atomic E-state index is -3.83. The highest BCUT2D eigenvalue weighted by atomic mass is 32.2. The number of hydrogen-bond donors (Lipinski definition) is 1. The van der Waals surface area contributed by atoms with Crippen LogP contribution in [0.2, 0.25) is 0 Å². The van der Waals surface area contributed by atoms with E-state index in [0.29, 0.717) is 17.7 Å². The summed E-state index contributed by atoms with van der Waals surface area (Å²) in [6.07, 6.45) is 0.577. The molecule has 0 saturated carbocycles. The van der Waals surface area contributed by atoms with Crippen LogP contribution in [0.1, 0.15) is 19.4 Å². The summed E-state index contributed by atoms with van der Waals surface area (Å²) in [4.78, 5) is 25.8. The molecule has 0 fully saturated rings. The van der Waals surface area contributed by atoms with E-state index in [-0.39, 0.29) is 41.3 Å². The molecule has 1 aliphatic heterocycles. The molecule has 0 saturated heterocycles. The Labute approximate surface area is 190 Å². The molecule has 172 valence electrons. The Morgan fingerprint density at radius 1 is 1.15 bits per heavy atom. The SMILES string of the molecule is CC(=O)N1c2ccc(S(=O)(=O)NCCn3nc(-c4ccc(F)cc4)ccc3=O)cc2C[C@H]1C. The van der Waals surface area contributed by atoms with Crippen molar-refractivity contribution >= 4 is 21.6 Å². The molecule has 8 nitrogen and oxygen atoms in total. The summed E-state index contributed by atoms with van der Waals surface area (Å²) in [5.74, 6) is -0.465. The molecule has 2 heterocycles. The number of benzene rings is 2. The van der Waals surface area contributed by atoms with Crippen LogP contribution in [0, 0.1) is 5.82 Å². The van der Waals surface area contributed by atoms with E-state index in [2.05, 4.69) is 9.82 Å². The topological polar surface area (TPSA) is 101 Å². The number of carbonyl (C=O) groups is 1. The van der Waals surface area contributed by atoms with Crippen LogP contribution in [-0.4, -0.2) is 36.7 Å². The summed E-state index contributed by atoms with van der Waals surface area (Å²) < 4.78 is 42.4. The van der Waals surface area contributed by atoms with Gasteiger partial charge in [-0.2, -0.15) is 5.10 Å². The van der Waals surface area contributed by atoms with Crippen molar-refractivity contribution in [1.82, 2.24) is 14.5 Å². The first-order valence-electron chi connectivity index (χ1n) is 10.4. The van der Waals surface area contributed by atoms with Gasteiger partial charge >= 0.3 is 0 Å². The monoisotopic (exact) mass is 470 g/mol. The van der Waals surface area contributed by atoms with Gasteiger partial charge < -0.3 is 4.90 Å². The lowest BCUT2D eigenvalue weighted by Crippen LogP contribution is -2.33. The second kappa shape index (κ2) is 8.87. The number of hydrogen-bond acceptors (Lipinski definition) is 5. The Morgan fingerprint density at radius 3 is 2.58 bits per heavy atom. The van der Waals surface area contributed by atoms with Crippen molar-refractivity contribution in [2.45, 2.75) is 37.8 Å². The first kappa shape index (κ1) is 22.8. The molecule has 0 radical (unpaired) electrons. The van der Waals surface area contributed by atoms with Gasteiger partial charge in [-0.05, 0) is 67.4 Å². The molecule has 1 aliphatic rings. The smallest absolute Gasteiger partial charge is 0.266 e. The van der Waals surface area contributed by atoms with Gasteiger partial charge in [-0.25, -0.2) is 22.2 Å². The molecule has 0 aliphatic carbocycles. The third-order valence-corrected chi connectivity index (χ3v) is 7.00. The van der Waals surface area contributed by atoms with Crippen LogP contribution in [0.25, 0.3) is 11.3 Å². The molecule has 1 amide bonds. The number of carbonyl (C=O) groups excluding carboxylic acids is 1. The summed E-state index contributed by atoms with van der Waals surface area (Å²) in [5.41, 5.74) is 2.25. The maximum Gasteiger partial charge on any atom is 0.266 e. The summed E-state index contributed by atoms with van der Waals surface area (Å²) >= 11 is 0. The zero-order valence-corrected chi connectivity index (χ0v) is 19.0. The van der Waals surface area contributed by atoms with Gasteiger partial charge in [-0.1, -0.05) is 0 Å². The molecule has 0 bridgehead atoms. The maximum absolute atomic E-state index is 13.2. The van der Waals surface area contributed by atoms with Crippen LogP contribution in [0.3, 0.4) is 0 Å². The average Bonchev–Trinajstić information content (AvgIpc) is 3.10. The van der Waals surface area contributed by atoms with Crippen LogP contribution in [0.4, 0.5) is 10.1 Å². The van der Waals surface area contributed by atoms with Crippen molar-refractivity contribution in [3.63, 3.8) is 0 Å². The van der Waals surface area contributed by atoms with Crippen molar-refractivity contribution < 1.29 is 17.6 Å². The van der Waals surface area contributed by atoms with Crippen LogP contribution in [0.5, 0.6) is 0 Å². The highest BCUT2D eigenvalue weighted by Gasteiger charge is 2.30. The van der Waals surface area contributed by atoms with Crippen LogP contribution in [0.15, 0.2) is 64.3 Å². The normalized spacial score (nSPS) is 15.5. The van der Waals surface area contributed by atoms with Crippen molar-refractivity contribution in [3.05, 3.63) is 76.3 Å². The molecule has 0 spiro atoms. The number of fused-ring (bicyclic) bond motifs is 1. The fourth-order valence-electron chi connectivity index (χ4n) is 4.01. The minimum absolute atomic E-state index is 0.0210. The lowest BCUT2D eigenvalue weighted by atomic mass is 10.1. The van der Waals surface area contributed by atoms with E-state index >= 15 is 0 Å². The molecule has 4 rings (SSSR count). The molecular weight excluding hydrogens is 447 g/mol. The van der Waals surface area contributed by atoms with E-state index in [1.807, 2.05) is 6.92 Å². The lowest BCUT2D eigenvalue weighted by Gasteiger charge is -2.20. The predicted molar refractivity (Wildman–Crippen MR) is 122 cm³/mol. The van der Waals surface area contributed by atoms with E-state index in [0.717, 1.165) is 15.9 Å². The van der Waals surface area contributed by atoms with Gasteiger partial charge in [0.1, 0.15) is 5.82 Å². The van der Waals surface area contributed by atoms with Crippen molar-refractivity contribution in [2.75, 3.05) is 11.4 Å². The largest absolute Gasteiger partial charge is 0.309 e. The average molecular weight is 471 g/mol. The summed E-state index contributed by atoms with van der Waals surface area (Å²) in [6.45, 7) is 3.37. The highest BCUT2D eigenvalue weighted by Crippen LogP contribution is 2.33. The van der Waals surface area contributed by atoms with E-state index in [1.54, 1.807) is 29.2 Å². The number of anilines is 1. The molecule has 1 atom stereocenters. The van der Waals surface area contributed by atoms with Gasteiger partial charge in [0.15, 0.2) is 0 Å². The summed E-state index contributed by atoms with van der Waals surface area (Å²) in [7, 11) is -3.83. The van der Waals surface area contributed by atoms with E-state index < -0.39 is 10.0 Å². The Kier molecular flexibility index (Phi) is 6.13. The van der Waals surface area contributed by atoms with Gasteiger partial charge in [0, 0.05) is 36.8 Å². The Balaban J connectivity index is 1.47. The second-order valence-corrected chi connectivity index (χ2v) is 9.68. The quantitative estimate of drug-likeness (QED) is 0.596. The zero-order chi connectivity index (χ0) is 23.8. The fourth-order valence-corrected chi connectivity index (χ4v) is 5.08. The molecule has 10 heteroatoms. The van der Waals surface area contributed by atoms with Crippen molar-refractivity contribution in [1.29, 1.82) is 0 Å². The van der Waals surface area contributed by atoms with Crippen LogP contribution < -0.4 is 15.2 Å². The number of aromatic nitrogens is 2. The van der Waals surface area contributed by atoms with Gasteiger partial charge in [0.2, 0.25) is 15.9 Å². The minimum Gasteiger partial charge on any atom is -0.309 e. The highest BCUT2D eigenvalue weighted by molar-refractivity contribution is 7.89. The second-order valence-electron chi connectivity index (χ2n) is 7.92. The maximum atomic E-state index is 13.2. The van der Waals surface area contributed by atoms with E-state index in [1.165, 1.54) is 37.3 Å². The fraction of sp³-hybridized carbons (Fsp3) is 0.261. The molecule has 0 unspecified atom stereocenters. The Morgan fingerprint density at radius 2 is 1.88 bits per heavy atom. The standard InChI is InChI=1S/C23H23FN4O4S/c1-15-13-18-14-20(7-9-22(18)28(15)16(2)29)33(31,32)25-11-12-27-23(30)10-8-21(26-27)17-3-5-19(24)6-4-17/h3-10,14-15,25H,11-13H2,1-2H3/t15-/m1/s1. The summed E-state index contributed by atoms with van der Waals surface area (Å²) in [6, 6.07) is 13.2. The van der Waals surface area contributed by atoms with Gasteiger partial charge in [-0.3, -0.25) is 9.59 Å². The number of nitrogens with zero attached hydrogens (tertiary/aromatic N) is 3. The lowest BCUT2D eigenvalue weighted by molar-refractivity contribution is -0.116. The number of rotatable bonds is 6. The Hall–Kier alpha value is -3.37. The summed E-state index contributed by atoms with van der Waals surface area (Å²) in [5, 5.41) is 4.25. The van der Waals surface area contributed by atoms with Crippen molar-refractivity contribution in [3.8, 4) is 11.3 Å². The van der Waals surface area contributed by atoms with Gasteiger partial charge in [0.25, 0.3) is 5.56 Å². The zero-order valence-electron chi connectivity index (χ0n) is 18.2.